The third kappa shape index (κ3) is 4.38. The van der Waals surface area contributed by atoms with E-state index in [0.717, 1.165) is 41.9 Å². The summed E-state index contributed by atoms with van der Waals surface area (Å²) in [5.74, 6) is 0.556. The molecule has 7 nitrogen and oxygen atoms in total. The molecule has 7 heteroatoms. The van der Waals surface area contributed by atoms with Crippen LogP contribution in [0.3, 0.4) is 0 Å². The van der Waals surface area contributed by atoms with E-state index < -0.39 is 0 Å². The van der Waals surface area contributed by atoms with Crippen molar-refractivity contribution in [2.45, 2.75) is 19.3 Å². The predicted molar refractivity (Wildman–Crippen MR) is 119 cm³/mol. The standard InChI is InChI=1S/C24H24N4O3/c29-24-13-21(31-17-18-4-2-1-3-5-18)8-10-27(24)20-6-7-23-19(12-20)14-26-28(23)16-22-15-25-9-11-30-22/h1-8,10,12-14,22,25H,9,11,15-17H2. The Bertz CT molecular complexity index is 1230. The van der Waals surface area contributed by atoms with Crippen molar-refractivity contribution in [2.75, 3.05) is 19.7 Å². The molecule has 2 aromatic heterocycles. The molecule has 0 aliphatic carbocycles. The van der Waals surface area contributed by atoms with Crippen molar-refractivity contribution in [1.82, 2.24) is 19.7 Å². The Morgan fingerprint density at radius 2 is 2.03 bits per heavy atom. The molecule has 5 rings (SSSR count). The van der Waals surface area contributed by atoms with Gasteiger partial charge in [0.2, 0.25) is 0 Å². The lowest BCUT2D eigenvalue weighted by Gasteiger charge is -2.23. The maximum atomic E-state index is 12.7. The highest BCUT2D eigenvalue weighted by atomic mass is 16.5. The van der Waals surface area contributed by atoms with E-state index in [1.807, 2.05) is 65.5 Å². The van der Waals surface area contributed by atoms with Crippen LogP contribution in [0, 0.1) is 0 Å². The maximum absolute atomic E-state index is 12.7. The summed E-state index contributed by atoms with van der Waals surface area (Å²) < 4.78 is 15.1. The summed E-state index contributed by atoms with van der Waals surface area (Å²) in [5.41, 5.74) is 2.73. The number of hydrogen-bond acceptors (Lipinski definition) is 5. The minimum atomic E-state index is -0.140. The Morgan fingerprint density at radius 1 is 1.13 bits per heavy atom. The van der Waals surface area contributed by atoms with E-state index >= 15 is 0 Å². The normalized spacial score (nSPS) is 16.5. The summed E-state index contributed by atoms with van der Waals surface area (Å²) in [6, 6.07) is 19.1. The second-order valence-electron chi connectivity index (χ2n) is 7.61. The van der Waals surface area contributed by atoms with Gasteiger partial charge in [0, 0.05) is 36.4 Å². The Balaban J connectivity index is 1.33. The third-order valence-corrected chi connectivity index (χ3v) is 5.42. The van der Waals surface area contributed by atoms with Crippen molar-refractivity contribution >= 4 is 10.9 Å². The molecule has 1 aliphatic heterocycles. The number of ether oxygens (including phenoxy) is 2. The highest BCUT2D eigenvalue weighted by Crippen LogP contribution is 2.19. The number of nitrogens with zero attached hydrogens (tertiary/aromatic N) is 3. The van der Waals surface area contributed by atoms with Gasteiger partial charge in [-0.05, 0) is 29.8 Å². The number of hydrogen-bond donors (Lipinski definition) is 1. The molecule has 4 aromatic rings. The smallest absolute Gasteiger partial charge is 0.258 e. The zero-order valence-electron chi connectivity index (χ0n) is 17.1. The second-order valence-corrected chi connectivity index (χ2v) is 7.61. The molecular weight excluding hydrogens is 392 g/mol. The molecule has 0 bridgehead atoms. The minimum Gasteiger partial charge on any atom is -0.489 e. The summed E-state index contributed by atoms with van der Waals surface area (Å²) in [4.78, 5) is 12.7. The van der Waals surface area contributed by atoms with Crippen molar-refractivity contribution < 1.29 is 9.47 Å². The number of morpholine rings is 1. The first-order chi connectivity index (χ1) is 15.3. The molecule has 158 valence electrons. The Kier molecular flexibility index (Phi) is 5.52. The minimum absolute atomic E-state index is 0.113. The van der Waals surface area contributed by atoms with Crippen LogP contribution in [0.5, 0.6) is 5.75 Å². The van der Waals surface area contributed by atoms with Gasteiger partial charge in [-0.25, -0.2) is 0 Å². The fourth-order valence-corrected chi connectivity index (χ4v) is 3.80. The van der Waals surface area contributed by atoms with E-state index in [9.17, 15) is 4.79 Å². The average Bonchev–Trinajstić information content (AvgIpc) is 3.21. The highest BCUT2D eigenvalue weighted by molar-refractivity contribution is 5.81. The van der Waals surface area contributed by atoms with E-state index in [1.54, 1.807) is 10.8 Å². The van der Waals surface area contributed by atoms with Crippen LogP contribution in [0.15, 0.2) is 77.9 Å². The molecular formula is C24H24N4O3. The molecule has 0 radical (unpaired) electrons. The first kappa shape index (κ1) is 19.5. The van der Waals surface area contributed by atoms with E-state index in [4.69, 9.17) is 9.47 Å². The molecule has 1 aliphatic rings. The molecule has 31 heavy (non-hydrogen) atoms. The number of aromatic nitrogens is 3. The van der Waals surface area contributed by atoms with Crippen LogP contribution in [0.2, 0.25) is 0 Å². The largest absolute Gasteiger partial charge is 0.489 e. The van der Waals surface area contributed by atoms with Crippen LogP contribution >= 0.6 is 0 Å². The molecule has 0 saturated carbocycles. The molecule has 0 amide bonds. The molecule has 1 unspecified atom stereocenters. The van der Waals surface area contributed by atoms with Gasteiger partial charge in [-0.3, -0.25) is 14.0 Å². The molecule has 0 spiro atoms. The quantitative estimate of drug-likeness (QED) is 0.523. The number of rotatable bonds is 6. The van der Waals surface area contributed by atoms with Gasteiger partial charge in [0.1, 0.15) is 12.4 Å². The van der Waals surface area contributed by atoms with Crippen LogP contribution in [-0.4, -0.2) is 40.1 Å². The highest BCUT2D eigenvalue weighted by Gasteiger charge is 2.16. The van der Waals surface area contributed by atoms with Crippen molar-refractivity contribution in [3.05, 3.63) is 89.0 Å². The number of fused-ring (bicyclic) bond motifs is 1. The Hall–Kier alpha value is -3.42. The van der Waals surface area contributed by atoms with Gasteiger partial charge < -0.3 is 14.8 Å². The van der Waals surface area contributed by atoms with Gasteiger partial charge >= 0.3 is 0 Å². The second kappa shape index (κ2) is 8.75. The zero-order valence-corrected chi connectivity index (χ0v) is 17.1. The number of benzene rings is 2. The van der Waals surface area contributed by atoms with Crippen molar-refractivity contribution in [2.24, 2.45) is 0 Å². The van der Waals surface area contributed by atoms with Crippen LogP contribution in [0.25, 0.3) is 16.6 Å². The zero-order chi connectivity index (χ0) is 21.0. The van der Waals surface area contributed by atoms with Gasteiger partial charge in [-0.2, -0.15) is 5.10 Å². The van der Waals surface area contributed by atoms with Crippen molar-refractivity contribution in [3.8, 4) is 11.4 Å². The lowest BCUT2D eigenvalue weighted by molar-refractivity contribution is 0.0169. The van der Waals surface area contributed by atoms with Gasteiger partial charge in [0.25, 0.3) is 5.56 Å². The SMILES string of the molecule is O=c1cc(OCc2ccccc2)ccn1-c1ccc2c(cnn2CC2CNCCO2)c1. The van der Waals surface area contributed by atoms with Crippen molar-refractivity contribution in [1.29, 1.82) is 0 Å². The third-order valence-electron chi connectivity index (χ3n) is 5.42. The summed E-state index contributed by atoms with van der Waals surface area (Å²) in [7, 11) is 0. The van der Waals surface area contributed by atoms with Crippen molar-refractivity contribution in [3.63, 3.8) is 0 Å². The van der Waals surface area contributed by atoms with Gasteiger partial charge in [0.05, 0.1) is 31.0 Å². The average molecular weight is 416 g/mol. The summed E-state index contributed by atoms with van der Waals surface area (Å²) >= 11 is 0. The number of pyridine rings is 1. The predicted octanol–water partition coefficient (Wildman–Crippen LogP) is 2.75. The van der Waals surface area contributed by atoms with Crippen LogP contribution in [0.4, 0.5) is 0 Å². The van der Waals surface area contributed by atoms with Gasteiger partial charge in [-0.15, -0.1) is 0 Å². The molecule has 1 saturated heterocycles. The monoisotopic (exact) mass is 416 g/mol. The van der Waals surface area contributed by atoms with Crippen LogP contribution in [-0.2, 0) is 17.9 Å². The lowest BCUT2D eigenvalue weighted by atomic mass is 10.2. The van der Waals surface area contributed by atoms with E-state index in [0.29, 0.717) is 18.9 Å². The molecule has 1 atom stereocenters. The Morgan fingerprint density at radius 3 is 2.84 bits per heavy atom. The van der Waals surface area contributed by atoms with Gasteiger partial charge in [-0.1, -0.05) is 30.3 Å². The lowest BCUT2D eigenvalue weighted by Crippen LogP contribution is -2.40. The maximum Gasteiger partial charge on any atom is 0.258 e. The first-order valence-electron chi connectivity index (χ1n) is 10.4. The summed E-state index contributed by atoms with van der Waals surface area (Å²) in [6.07, 6.45) is 3.69. The Labute approximate surface area is 179 Å². The fraction of sp³-hybridized carbons (Fsp3) is 0.250. The van der Waals surface area contributed by atoms with Crippen LogP contribution in [0.1, 0.15) is 5.56 Å². The first-order valence-corrected chi connectivity index (χ1v) is 10.4. The topological polar surface area (TPSA) is 70.3 Å². The van der Waals surface area contributed by atoms with Gasteiger partial charge in [0.15, 0.2) is 0 Å². The number of nitrogens with one attached hydrogen (secondary N) is 1. The fourth-order valence-electron chi connectivity index (χ4n) is 3.80. The van der Waals surface area contributed by atoms with E-state index in [2.05, 4.69) is 10.4 Å². The van der Waals surface area contributed by atoms with E-state index in [-0.39, 0.29) is 11.7 Å². The van der Waals surface area contributed by atoms with Crippen LogP contribution < -0.4 is 15.6 Å². The molecule has 1 fully saturated rings. The molecule has 2 aromatic carbocycles. The van der Waals surface area contributed by atoms with E-state index in [1.165, 1.54) is 6.07 Å². The summed E-state index contributed by atoms with van der Waals surface area (Å²) in [5, 5.41) is 8.84. The molecule has 1 N–H and O–H groups in total. The molecule has 3 heterocycles. The summed E-state index contributed by atoms with van der Waals surface area (Å²) in [6.45, 7) is 3.57.